The van der Waals surface area contributed by atoms with Gasteiger partial charge in [0.2, 0.25) is 5.91 Å². The van der Waals surface area contributed by atoms with Crippen molar-refractivity contribution in [3.63, 3.8) is 0 Å². The second-order valence-electron chi connectivity index (χ2n) is 10.4. The minimum Gasteiger partial charge on any atom is -0.497 e. The number of carbonyl (C=O) groups excluding carboxylic acids is 2. The molecule has 0 bridgehead atoms. The number of hydrogen-bond acceptors (Lipinski definition) is 5. The van der Waals surface area contributed by atoms with Crippen molar-refractivity contribution in [2.24, 2.45) is 5.92 Å². The number of methoxy groups -OCH3 is 1. The number of nitrogens with zero attached hydrogens (tertiary/aromatic N) is 3. The van der Waals surface area contributed by atoms with E-state index in [0.717, 1.165) is 54.5 Å². The van der Waals surface area contributed by atoms with Gasteiger partial charge < -0.3 is 24.6 Å². The summed E-state index contributed by atoms with van der Waals surface area (Å²) in [7, 11) is 1.64. The summed E-state index contributed by atoms with van der Waals surface area (Å²) in [4.78, 5) is 38.1. The molecule has 1 saturated heterocycles. The third kappa shape index (κ3) is 3.58. The molecule has 0 radical (unpaired) electrons. The van der Waals surface area contributed by atoms with E-state index in [2.05, 4.69) is 16.0 Å². The van der Waals surface area contributed by atoms with Gasteiger partial charge in [0.1, 0.15) is 5.75 Å². The molecule has 1 spiro atoms. The SMILES string of the molecule is COc1ccc2c3c([nH]c2c1)[C@H](CO)N(C(=O)c1ccncc1)CC31CCN(C(=O)C2CCC2)CC1. The lowest BCUT2D eigenvalue weighted by Crippen LogP contribution is -2.56. The predicted molar refractivity (Wildman–Crippen MR) is 135 cm³/mol. The van der Waals surface area contributed by atoms with Crippen LogP contribution in [0.2, 0.25) is 0 Å². The Bertz CT molecular complexity index is 1290. The Kier molecular flexibility index (Phi) is 5.71. The van der Waals surface area contributed by atoms with Crippen molar-refractivity contribution in [2.45, 2.75) is 43.6 Å². The maximum atomic E-state index is 13.7. The Morgan fingerprint density at radius 3 is 2.56 bits per heavy atom. The van der Waals surface area contributed by atoms with Gasteiger partial charge >= 0.3 is 0 Å². The number of H-pyrrole nitrogens is 1. The third-order valence-corrected chi connectivity index (χ3v) is 8.60. The molecular weight excluding hydrogens is 456 g/mol. The van der Waals surface area contributed by atoms with Crippen LogP contribution in [0.25, 0.3) is 10.9 Å². The Labute approximate surface area is 210 Å². The highest BCUT2D eigenvalue weighted by Crippen LogP contribution is 2.49. The van der Waals surface area contributed by atoms with E-state index in [-0.39, 0.29) is 29.8 Å². The van der Waals surface area contributed by atoms with Gasteiger partial charge in [-0.15, -0.1) is 0 Å². The van der Waals surface area contributed by atoms with Crippen molar-refractivity contribution >= 4 is 22.7 Å². The van der Waals surface area contributed by atoms with Crippen molar-refractivity contribution in [1.29, 1.82) is 0 Å². The fraction of sp³-hybridized carbons (Fsp3) is 0.464. The maximum absolute atomic E-state index is 13.7. The highest BCUT2D eigenvalue weighted by Gasteiger charge is 2.49. The van der Waals surface area contributed by atoms with Crippen LogP contribution in [-0.2, 0) is 10.2 Å². The number of ether oxygens (including phenoxy) is 1. The number of rotatable bonds is 4. The zero-order valence-electron chi connectivity index (χ0n) is 20.6. The van der Waals surface area contributed by atoms with Crippen LogP contribution in [0.15, 0.2) is 42.7 Å². The summed E-state index contributed by atoms with van der Waals surface area (Å²) in [6, 6.07) is 8.96. The van der Waals surface area contributed by atoms with Crippen LogP contribution in [0.3, 0.4) is 0 Å². The molecule has 3 aromatic rings. The molecule has 3 aliphatic rings. The van der Waals surface area contributed by atoms with Gasteiger partial charge in [-0.25, -0.2) is 0 Å². The number of benzene rings is 1. The minimum absolute atomic E-state index is 0.120. The number of aliphatic hydroxyl groups excluding tert-OH is 1. The first kappa shape index (κ1) is 23.0. The fourth-order valence-electron chi connectivity index (χ4n) is 6.36. The molecule has 2 N–H and O–H groups in total. The lowest BCUT2D eigenvalue weighted by molar-refractivity contribution is -0.140. The number of amides is 2. The average molecular weight is 489 g/mol. The first-order valence-electron chi connectivity index (χ1n) is 12.9. The molecule has 1 aromatic carbocycles. The Morgan fingerprint density at radius 1 is 1.17 bits per heavy atom. The number of pyridine rings is 1. The molecule has 1 saturated carbocycles. The van der Waals surface area contributed by atoms with Crippen molar-refractivity contribution in [2.75, 3.05) is 33.4 Å². The standard InChI is InChI=1S/C28H32N4O4/c1-36-20-5-6-21-22(15-20)30-25-23(16-33)32(27(35)19-7-11-29-12-8-19)17-28(24(21)25)9-13-31(14-10-28)26(34)18-3-2-4-18/h5-8,11-12,15,18,23,30,33H,2-4,9-10,13-14,16-17H2,1H3/t23-/m0/s1. The molecule has 1 atom stereocenters. The molecule has 2 aromatic heterocycles. The van der Waals surface area contributed by atoms with Crippen molar-refractivity contribution in [3.8, 4) is 5.75 Å². The Balaban J connectivity index is 1.43. The number of likely N-dealkylation sites (tertiary alicyclic amines) is 1. The van der Waals surface area contributed by atoms with Crippen molar-refractivity contribution < 1.29 is 19.4 Å². The van der Waals surface area contributed by atoms with Gasteiger partial charge in [-0.3, -0.25) is 14.6 Å². The second kappa shape index (κ2) is 8.92. The zero-order chi connectivity index (χ0) is 24.9. The minimum atomic E-state index is -0.487. The smallest absolute Gasteiger partial charge is 0.254 e. The lowest BCUT2D eigenvalue weighted by atomic mass is 9.68. The number of piperidine rings is 1. The number of hydrogen-bond donors (Lipinski definition) is 2. The van der Waals surface area contributed by atoms with Gasteiger partial charge in [-0.05, 0) is 55.5 Å². The number of aromatic nitrogens is 2. The summed E-state index contributed by atoms with van der Waals surface area (Å²) in [5.41, 5.74) is 3.23. The molecule has 4 heterocycles. The van der Waals surface area contributed by atoms with E-state index in [9.17, 15) is 14.7 Å². The van der Waals surface area contributed by atoms with Crippen LogP contribution in [0.4, 0.5) is 0 Å². The van der Waals surface area contributed by atoms with E-state index < -0.39 is 6.04 Å². The number of aromatic amines is 1. The van der Waals surface area contributed by atoms with E-state index in [1.807, 2.05) is 21.9 Å². The molecule has 188 valence electrons. The molecule has 2 aliphatic heterocycles. The molecule has 6 rings (SSSR count). The number of nitrogens with one attached hydrogen (secondary N) is 1. The summed E-state index contributed by atoms with van der Waals surface area (Å²) < 4.78 is 5.46. The molecule has 36 heavy (non-hydrogen) atoms. The average Bonchev–Trinajstić information content (AvgIpc) is 3.27. The van der Waals surface area contributed by atoms with Crippen LogP contribution in [0.5, 0.6) is 5.75 Å². The second-order valence-corrected chi connectivity index (χ2v) is 10.4. The zero-order valence-corrected chi connectivity index (χ0v) is 20.6. The van der Waals surface area contributed by atoms with E-state index in [1.54, 1.807) is 31.6 Å². The number of fused-ring (bicyclic) bond motifs is 4. The van der Waals surface area contributed by atoms with Crippen LogP contribution < -0.4 is 4.74 Å². The topological polar surface area (TPSA) is 98.8 Å². The third-order valence-electron chi connectivity index (χ3n) is 8.60. The van der Waals surface area contributed by atoms with E-state index in [0.29, 0.717) is 25.2 Å². The van der Waals surface area contributed by atoms with Gasteiger partial charge in [0.25, 0.3) is 5.91 Å². The van der Waals surface area contributed by atoms with E-state index >= 15 is 0 Å². The summed E-state index contributed by atoms with van der Waals surface area (Å²) in [5.74, 6) is 1.10. The molecular formula is C28H32N4O4. The Morgan fingerprint density at radius 2 is 1.92 bits per heavy atom. The number of aliphatic hydroxyl groups is 1. The first-order valence-corrected chi connectivity index (χ1v) is 12.9. The fourth-order valence-corrected chi connectivity index (χ4v) is 6.36. The largest absolute Gasteiger partial charge is 0.497 e. The van der Waals surface area contributed by atoms with Gasteiger partial charge in [0.15, 0.2) is 0 Å². The molecule has 1 aliphatic carbocycles. The van der Waals surface area contributed by atoms with Crippen LogP contribution in [0.1, 0.15) is 59.8 Å². The summed E-state index contributed by atoms with van der Waals surface area (Å²) in [5, 5.41) is 11.6. The monoisotopic (exact) mass is 488 g/mol. The predicted octanol–water partition coefficient (Wildman–Crippen LogP) is 3.42. The molecule has 0 unspecified atom stereocenters. The van der Waals surface area contributed by atoms with Crippen LogP contribution in [-0.4, -0.2) is 70.0 Å². The van der Waals surface area contributed by atoms with E-state index in [4.69, 9.17) is 4.74 Å². The lowest BCUT2D eigenvalue weighted by Gasteiger charge is -2.50. The summed E-state index contributed by atoms with van der Waals surface area (Å²) >= 11 is 0. The highest BCUT2D eigenvalue weighted by atomic mass is 16.5. The van der Waals surface area contributed by atoms with Gasteiger partial charge in [0, 0.05) is 71.6 Å². The van der Waals surface area contributed by atoms with Gasteiger partial charge in [-0.2, -0.15) is 0 Å². The molecule has 8 heteroatoms. The highest BCUT2D eigenvalue weighted by molar-refractivity contribution is 5.95. The quantitative estimate of drug-likeness (QED) is 0.586. The summed E-state index contributed by atoms with van der Waals surface area (Å²) in [6.45, 7) is 1.67. The van der Waals surface area contributed by atoms with Crippen LogP contribution in [0, 0.1) is 5.92 Å². The maximum Gasteiger partial charge on any atom is 0.254 e. The van der Waals surface area contributed by atoms with Gasteiger partial charge in [0.05, 0.1) is 19.8 Å². The number of carbonyl (C=O) groups is 2. The molecule has 2 amide bonds. The molecule has 8 nitrogen and oxygen atoms in total. The van der Waals surface area contributed by atoms with E-state index in [1.165, 1.54) is 5.56 Å². The Hall–Kier alpha value is -3.39. The summed E-state index contributed by atoms with van der Waals surface area (Å²) in [6.07, 6.45) is 7.93. The first-order chi connectivity index (χ1) is 17.5. The van der Waals surface area contributed by atoms with Crippen LogP contribution >= 0.6 is 0 Å². The van der Waals surface area contributed by atoms with Crippen molar-refractivity contribution in [1.82, 2.24) is 19.8 Å². The normalized spacial score (nSPS) is 21.3. The van der Waals surface area contributed by atoms with Gasteiger partial charge in [-0.1, -0.05) is 6.42 Å². The van der Waals surface area contributed by atoms with Crippen molar-refractivity contribution in [3.05, 3.63) is 59.5 Å². The molecule has 2 fully saturated rings.